The Hall–Kier alpha value is 0.120. The molecule has 2 fully saturated rings. The van der Waals surface area contributed by atoms with Gasteiger partial charge in [0.15, 0.2) is 0 Å². The predicted octanol–water partition coefficient (Wildman–Crippen LogP) is 1.49. The maximum absolute atomic E-state index is 12.2. The molecule has 0 aromatic carbocycles. The molecular formula is C13H28ClN3O2S. The summed E-state index contributed by atoms with van der Waals surface area (Å²) in [4.78, 5) is 0. The van der Waals surface area contributed by atoms with E-state index in [1.807, 2.05) is 0 Å². The van der Waals surface area contributed by atoms with E-state index in [1.54, 1.807) is 4.31 Å². The van der Waals surface area contributed by atoms with Gasteiger partial charge in [0, 0.05) is 25.7 Å². The van der Waals surface area contributed by atoms with Crippen LogP contribution >= 0.6 is 12.4 Å². The van der Waals surface area contributed by atoms with E-state index in [1.165, 1.54) is 0 Å². The highest BCUT2D eigenvalue weighted by atomic mass is 35.5. The molecule has 1 saturated carbocycles. The molecule has 0 aromatic rings. The van der Waals surface area contributed by atoms with E-state index in [2.05, 4.69) is 11.6 Å². The molecule has 0 spiro atoms. The topological polar surface area (TPSA) is 75.4 Å². The molecule has 2 aliphatic rings. The summed E-state index contributed by atoms with van der Waals surface area (Å²) in [7, 11) is -3.28. The van der Waals surface area contributed by atoms with E-state index in [9.17, 15) is 8.42 Å². The molecular weight excluding hydrogens is 298 g/mol. The third-order valence-corrected chi connectivity index (χ3v) is 6.04. The van der Waals surface area contributed by atoms with E-state index in [4.69, 9.17) is 5.73 Å². The highest BCUT2D eigenvalue weighted by Crippen LogP contribution is 2.23. The Labute approximate surface area is 129 Å². The number of nitrogens with zero attached hydrogens (tertiary/aromatic N) is 1. The van der Waals surface area contributed by atoms with Crippen LogP contribution in [0.3, 0.4) is 0 Å². The lowest BCUT2D eigenvalue weighted by Gasteiger charge is -2.31. The van der Waals surface area contributed by atoms with Crippen molar-refractivity contribution in [2.45, 2.75) is 51.5 Å². The van der Waals surface area contributed by atoms with Crippen LogP contribution in [0, 0.1) is 11.8 Å². The number of piperidine rings is 1. The molecule has 0 bridgehead atoms. The van der Waals surface area contributed by atoms with Crippen molar-refractivity contribution in [3.63, 3.8) is 0 Å². The quantitative estimate of drug-likeness (QED) is 0.822. The van der Waals surface area contributed by atoms with Crippen LogP contribution in [0.1, 0.15) is 45.4 Å². The Morgan fingerprint density at radius 2 is 1.85 bits per heavy atom. The highest BCUT2D eigenvalue weighted by Gasteiger charge is 2.27. The molecule has 0 radical (unpaired) electrons. The predicted molar refractivity (Wildman–Crippen MR) is 84.1 cm³/mol. The van der Waals surface area contributed by atoms with Crippen LogP contribution in [-0.4, -0.2) is 38.4 Å². The number of nitrogens with two attached hydrogens (primary N) is 1. The van der Waals surface area contributed by atoms with E-state index in [0.29, 0.717) is 31.5 Å². The van der Waals surface area contributed by atoms with Crippen LogP contribution in [0.4, 0.5) is 0 Å². The van der Waals surface area contributed by atoms with E-state index in [-0.39, 0.29) is 18.4 Å². The van der Waals surface area contributed by atoms with Gasteiger partial charge in [-0.1, -0.05) is 13.3 Å². The second-order valence-electron chi connectivity index (χ2n) is 6.23. The average molecular weight is 326 g/mol. The lowest BCUT2D eigenvalue weighted by Crippen LogP contribution is -2.46. The van der Waals surface area contributed by atoms with Crippen LogP contribution in [0.5, 0.6) is 0 Å². The van der Waals surface area contributed by atoms with Crippen molar-refractivity contribution >= 4 is 22.6 Å². The zero-order chi connectivity index (χ0) is 13.9. The van der Waals surface area contributed by atoms with Gasteiger partial charge in [0.1, 0.15) is 0 Å². The molecule has 1 saturated heterocycles. The van der Waals surface area contributed by atoms with Crippen molar-refractivity contribution < 1.29 is 8.42 Å². The fourth-order valence-corrected chi connectivity index (χ4v) is 4.38. The molecule has 2 rings (SSSR count). The lowest BCUT2D eigenvalue weighted by atomic mass is 9.86. The maximum Gasteiger partial charge on any atom is 0.279 e. The standard InChI is InChI=1S/C13H27N3O2S.ClH/c1-11-5-7-16(8-6-11)19(17,18)15-10-12-3-2-4-13(14)9-12;/h11-13,15H,2-10,14H2,1H3;1H. The molecule has 1 aliphatic heterocycles. The Bertz CT molecular complexity index is 383. The van der Waals surface area contributed by atoms with Gasteiger partial charge in [-0.05, 0) is 43.9 Å². The molecule has 0 aromatic heterocycles. The fourth-order valence-electron chi connectivity index (χ4n) is 3.06. The monoisotopic (exact) mass is 325 g/mol. The summed E-state index contributed by atoms with van der Waals surface area (Å²) < 4.78 is 28.8. The van der Waals surface area contributed by atoms with Gasteiger partial charge < -0.3 is 5.73 Å². The van der Waals surface area contributed by atoms with Gasteiger partial charge in [-0.15, -0.1) is 12.4 Å². The van der Waals surface area contributed by atoms with Crippen LogP contribution in [0.2, 0.25) is 0 Å². The molecule has 7 heteroatoms. The van der Waals surface area contributed by atoms with Gasteiger partial charge in [-0.25, -0.2) is 4.72 Å². The largest absolute Gasteiger partial charge is 0.328 e. The molecule has 0 amide bonds. The molecule has 1 aliphatic carbocycles. The van der Waals surface area contributed by atoms with Crippen molar-refractivity contribution in [2.75, 3.05) is 19.6 Å². The highest BCUT2D eigenvalue weighted by molar-refractivity contribution is 7.87. The normalized spacial score (nSPS) is 29.9. The summed E-state index contributed by atoms with van der Waals surface area (Å²) in [6.07, 6.45) is 6.17. The van der Waals surface area contributed by atoms with Gasteiger partial charge in [0.2, 0.25) is 0 Å². The first-order valence-electron chi connectivity index (χ1n) is 7.47. The van der Waals surface area contributed by atoms with E-state index in [0.717, 1.165) is 38.5 Å². The first-order chi connectivity index (χ1) is 8.97. The van der Waals surface area contributed by atoms with Crippen molar-refractivity contribution in [1.82, 2.24) is 9.03 Å². The van der Waals surface area contributed by atoms with Gasteiger partial charge in [-0.3, -0.25) is 0 Å². The zero-order valence-electron chi connectivity index (χ0n) is 12.3. The average Bonchev–Trinajstić information content (AvgIpc) is 2.37. The second kappa shape index (κ2) is 7.94. The summed E-state index contributed by atoms with van der Waals surface area (Å²) in [6, 6.07) is 0.249. The van der Waals surface area contributed by atoms with Crippen molar-refractivity contribution in [2.24, 2.45) is 17.6 Å². The molecule has 1 heterocycles. The summed E-state index contributed by atoms with van der Waals surface area (Å²) in [5, 5.41) is 0. The van der Waals surface area contributed by atoms with E-state index >= 15 is 0 Å². The van der Waals surface area contributed by atoms with Gasteiger partial charge in [0.25, 0.3) is 10.2 Å². The first-order valence-corrected chi connectivity index (χ1v) is 8.91. The third-order valence-electron chi connectivity index (χ3n) is 4.46. The number of halogens is 1. The summed E-state index contributed by atoms with van der Waals surface area (Å²) in [6.45, 7) is 4.03. The Morgan fingerprint density at radius 1 is 1.20 bits per heavy atom. The van der Waals surface area contributed by atoms with Gasteiger partial charge in [0.05, 0.1) is 0 Å². The van der Waals surface area contributed by atoms with Crippen molar-refractivity contribution in [3.8, 4) is 0 Å². The summed E-state index contributed by atoms with van der Waals surface area (Å²) >= 11 is 0. The Morgan fingerprint density at radius 3 is 2.45 bits per heavy atom. The number of rotatable bonds is 4. The van der Waals surface area contributed by atoms with Crippen molar-refractivity contribution in [3.05, 3.63) is 0 Å². The van der Waals surface area contributed by atoms with E-state index < -0.39 is 10.2 Å². The minimum Gasteiger partial charge on any atom is -0.328 e. The molecule has 5 nitrogen and oxygen atoms in total. The van der Waals surface area contributed by atoms with Gasteiger partial charge in [-0.2, -0.15) is 12.7 Å². The number of hydrogen-bond donors (Lipinski definition) is 2. The molecule has 2 unspecified atom stereocenters. The molecule has 3 N–H and O–H groups in total. The smallest absolute Gasteiger partial charge is 0.279 e. The Kier molecular flexibility index (Phi) is 7.21. The number of hydrogen-bond acceptors (Lipinski definition) is 3. The van der Waals surface area contributed by atoms with Crippen LogP contribution in [-0.2, 0) is 10.2 Å². The summed E-state index contributed by atoms with van der Waals surface area (Å²) in [5.74, 6) is 1.05. The van der Waals surface area contributed by atoms with Crippen molar-refractivity contribution in [1.29, 1.82) is 0 Å². The molecule has 120 valence electrons. The Balaban J connectivity index is 0.00000200. The number of nitrogens with one attached hydrogen (secondary N) is 1. The second-order valence-corrected chi connectivity index (χ2v) is 7.98. The molecule has 20 heavy (non-hydrogen) atoms. The third kappa shape index (κ3) is 5.15. The van der Waals surface area contributed by atoms with Gasteiger partial charge >= 0.3 is 0 Å². The SMILES string of the molecule is CC1CCN(S(=O)(=O)NCC2CCCC(N)C2)CC1.Cl. The summed E-state index contributed by atoms with van der Waals surface area (Å²) in [5.41, 5.74) is 5.93. The fraction of sp³-hybridized carbons (Fsp3) is 1.00. The van der Waals surface area contributed by atoms with Crippen LogP contribution < -0.4 is 10.5 Å². The zero-order valence-corrected chi connectivity index (χ0v) is 13.9. The minimum absolute atomic E-state index is 0. The lowest BCUT2D eigenvalue weighted by molar-refractivity contribution is 0.279. The van der Waals surface area contributed by atoms with Crippen LogP contribution in [0.25, 0.3) is 0 Å². The first kappa shape index (κ1) is 18.2. The molecule has 2 atom stereocenters. The maximum atomic E-state index is 12.2. The van der Waals surface area contributed by atoms with Crippen LogP contribution in [0.15, 0.2) is 0 Å². The minimum atomic E-state index is -3.28.